The summed E-state index contributed by atoms with van der Waals surface area (Å²) in [6.45, 7) is 5.33. The van der Waals surface area contributed by atoms with Crippen molar-refractivity contribution in [2.75, 3.05) is 24.6 Å². The number of aryl methyl sites for hydroxylation is 2. The van der Waals surface area contributed by atoms with Gasteiger partial charge >= 0.3 is 0 Å². The number of hydrogen-bond acceptors (Lipinski definition) is 3. The Kier molecular flexibility index (Phi) is 7.15. The molecule has 1 N–H and O–H groups in total. The summed E-state index contributed by atoms with van der Waals surface area (Å²) in [4.78, 5) is 27.1. The Bertz CT molecular complexity index is 802. The van der Waals surface area contributed by atoms with Gasteiger partial charge in [-0.3, -0.25) is 9.59 Å². The van der Waals surface area contributed by atoms with Gasteiger partial charge in [-0.25, -0.2) is 0 Å². The molecule has 0 aromatic heterocycles. The van der Waals surface area contributed by atoms with Crippen molar-refractivity contribution in [2.45, 2.75) is 32.7 Å². The third-order valence-corrected chi connectivity index (χ3v) is 6.14. The topological polar surface area (TPSA) is 49.4 Å². The Hall–Kier alpha value is -2.27. The molecule has 0 bridgehead atoms. The van der Waals surface area contributed by atoms with Crippen molar-refractivity contribution < 1.29 is 9.59 Å². The average Bonchev–Trinajstić information content (AvgIpc) is 2.70. The van der Waals surface area contributed by atoms with Crippen LogP contribution in [0.25, 0.3) is 0 Å². The normalized spacial score (nSPS) is 16.6. The summed E-state index contributed by atoms with van der Waals surface area (Å²) in [5.41, 5.74) is 4.43. The minimum atomic E-state index is 0.00496. The van der Waals surface area contributed by atoms with Crippen molar-refractivity contribution in [3.8, 4) is 0 Å². The zero-order chi connectivity index (χ0) is 19.9. The highest BCUT2D eigenvalue weighted by Crippen LogP contribution is 2.18. The summed E-state index contributed by atoms with van der Waals surface area (Å²) in [6, 6.07) is 16.2. The molecule has 0 radical (unpaired) electrons. The highest BCUT2D eigenvalue weighted by molar-refractivity contribution is 7.99. The van der Waals surface area contributed by atoms with Gasteiger partial charge in [0, 0.05) is 24.6 Å². The summed E-state index contributed by atoms with van der Waals surface area (Å²) < 4.78 is 0. The highest BCUT2D eigenvalue weighted by atomic mass is 32.2. The van der Waals surface area contributed by atoms with E-state index in [1.54, 1.807) is 0 Å². The Balaban J connectivity index is 1.53. The smallest absolute Gasteiger partial charge is 0.227 e. The Morgan fingerprint density at radius 1 is 0.964 bits per heavy atom. The maximum atomic E-state index is 12.8. The zero-order valence-electron chi connectivity index (χ0n) is 16.6. The number of rotatable bonds is 6. The molecule has 1 fully saturated rings. The molecule has 0 spiro atoms. The molecule has 2 aromatic rings. The Labute approximate surface area is 171 Å². The molecule has 1 aliphatic heterocycles. The summed E-state index contributed by atoms with van der Waals surface area (Å²) in [5, 5.41) is 3.03. The molecule has 2 aromatic carbocycles. The molecular formula is C23H28N2O2S. The van der Waals surface area contributed by atoms with Gasteiger partial charge in [-0.05, 0) is 25.0 Å². The van der Waals surface area contributed by atoms with Crippen LogP contribution in [0.5, 0.6) is 0 Å². The van der Waals surface area contributed by atoms with Gasteiger partial charge in [-0.2, -0.15) is 11.8 Å². The summed E-state index contributed by atoms with van der Waals surface area (Å²) in [6.07, 6.45) is 0.788. The third kappa shape index (κ3) is 5.86. The van der Waals surface area contributed by atoms with Crippen molar-refractivity contribution in [1.29, 1.82) is 0 Å². The number of carbonyl (C=O) groups excluding carboxylic acids is 2. The van der Waals surface area contributed by atoms with Gasteiger partial charge in [0.25, 0.3) is 0 Å². The lowest BCUT2D eigenvalue weighted by molar-refractivity contribution is -0.132. The molecule has 3 rings (SSSR count). The first-order valence-electron chi connectivity index (χ1n) is 9.76. The Morgan fingerprint density at radius 2 is 1.54 bits per heavy atom. The maximum absolute atomic E-state index is 12.8. The second-order valence-corrected chi connectivity index (χ2v) is 8.59. The molecule has 148 valence electrons. The van der Waals surface area contributed by atoms with E-state index in [1.165, 1.54) is 11.1 Å². The predicted molar refractivity (Wildman–Crippen MR) is 116 cm³/mol. The fourth-order valence-corrected chi connectivity index (χ4v) is 4.38. The second kappa shape index (κ2) is 9.78. The van der Waals surface area contributed by atoms with Crippen LogP contribution in [-0.2, 0) is 22.4 Å². The van der Waals surface area contributed by atoms with E-state index in [-0.39, 0.29) is 17.9 Å². The minimum Gasteiger partial charge on any atom is -0.354 e. The van der Waals surface area contributed by atoms with Crippen LogP contribution in [0.1, 0.15) is 22.3 Å². The van der Waals surface area contributed by atoms with Crippen molar-refractivity contribution in [3.05, 3.63) is 70.8 Å². The number of amides is 2. The van der Waals surface area contributed by atoms with E-state index in [0.717, 1.165) is 29.2 Å². The van der Waals surface area contributed by atoms with E-state index >= 15 is 0 Å². The van der Waals surface area contributed by atoms with Gasteiger partial charge in [0.1, 0.15) is 0 Å². The van der Waals surface area contributed by atoms with E-state index in [0.29, 0.717) is 19.4 Å². The minimum absolute atomic E-state index is 0.00496. The van der Waals surface area contributed by atoms with Crippen molar-refractivity contribution in [2.24, 2.45) is 0 Å². The van der Waals surface area contributed by atoms with E-state index in [2.05, 4.69) is 5.32 Å². The van der Waals surface area contributed by atoms with Crippen LogP contribution >= 0.6 is 11.8 Å². The van der Waals surface area contributed by atoms with Crippen LogP contribution in [0.3, 0.4) is 0 Å². The van der Waals surface area contributed by atoms with Crippen molar-refractivity contribution in [1.82, 2.24) is 10.2 Å². The number of nitrogens with one attached hydrogen (secondary N) is 1. The van der Waals surface area contributed by atoms with E-state index in [1.807, 2.05) is 79.0 Å². The van der Waals surface area contributed by atoms with Crippen LogP contribution in [0.2, 0.25) is 0 Å². The van der Waals surface area contributed by atoms with Crippen LogP contribution in [-0.4, -0.2) is 47.4 Å². The molecule has 5 heteroatoms. The summed E-state index contributed by atoms with van der Waals surface area (Å²) in [5.74, 6) is 1.96. The fourth-order valence-electron chi connectivity index (χ4n) is 3.32. The molecule has 0 aliphatic carbocycles. The van der Waals surface area contributed by atoms with Crippen molar-refractivity contribution >= 4 is 23.6 Å². The van der Waals surface area contributed by atoms with Crippen LogP contribution in [0.4, 0.5) is 0 Å². The van der Waals surface area contributed by atoms with Gasteiger partial charge in [-0.15, -0.1) is 0 Å². The quantitative estimate of drug-likeness (QED) is 0.816. The first kappa shape index (κ1) is 20.5. The standard InChI is InChI=1S/C23H28N2O2S/c1-17-3-7-19(8-4-17)13-22(26)24-15-21-16-28-12-11-25(21)23(27)14-20-9-5-18(2)6-10-20/h3-10,21H,11-16H2,1-2H3,(H,24,26)/t21-/m1/s1. The second-order valence-electron chi connectivity index (χ2n) is 7.44. The van der Waals surface area contributed by atoms with Gasteiger partial charge < -0.3 is 10.2 Å². The zero-order valence-corrected chi connectivity index (χ0v) is 17.4. The monoisotopic (exact) mass is 396 g/mol. The lowest BCUT2D eigenvalue weighted by Gasteiger charge is -2.35. The number of nitrogens with zero attached hydrogens (tertiary/aromatic N) is 1. The third-order valence-electron chi connectivity index (χ3n) is 5.04. The van der Waals surface area contributed by atoms with Gasteiger partial charge in [-0.1, -0.05) is 59.7 Å². The first-order chi connectivity index (χ1) is 13.5. The number of benzene rings is 2. The van der Waals surface area contributed by atoms with Gasteiger partial charge in [0.05, 0.1) is 18.9 Å². The number of thioether (sulfide) groups is 1. The molecule has 1 atom stereocenters. The molecule has 0 unspecified atom stereocenters. The molecule has 1 heterocycles. The SMILES string of the molecule is Cc1ccc(CC(=O)NC[C@@H]2CSCCN2C(=O)Cc2ccc(C)cc2)cc1. The molecule has 28 heavy (non-hydrogen) atoms. The van der Waals surface area contributed by atoms with Crippen molar-refractivity contribution in [3.63, 3.8) is 0 Å². The fraction of sp³-hybridized carbons (Fsp3) is 0.391. The van der Waals surface area contributed by atoms with Crippen LogP contribution < -0.4 is 5.32 Å². The van der Waals surface area contributed by atoms with Crippen LogP contribution in [0, 0.1) is 13.8 Å². The molecule has 1 saturated heterocycles. The van der Waals surface area contributed by atoms with E-state index in [9.17, 15) is 9.59 Å². The summed E-state index contributed by atoms with van der Waals surface area (Å²) >= 11 is 1.84. The largest absolute Gasteiger partial charge is 0.354 e. The lowest BCUT2D eigenvalue weighted by Crippen LogP contribution is -2.52. The van der Waals surface area contributed by atoms with E-state index in [4.69, 9.17) is 0 Å². The molecular weight excluding hydrogens is 368 g/mol. The molecule has 1 aliphatic rings. The number of carbonyl (C=O) groups is 2. The molecule has 2 amide bonds. The van der Waals surface area contributed by atoms with Crippen LogP contribution in [0.15, 0.2) is 48.5 Å². The number of hydrogen-bond donors (Lipinski definition) is 1. The van der Waals surface area contributed by atoms with Gasteiger partial charge in [0.15, 0.2) is 0 Å². The molecule has 4 nitrogen and oxygen atoms in total. The average molecular weight is 397 g/mol. The predicted octanol–water partition coefficient (Wildman–Crippen LogP) is 3.15. The Morgan fingerprint density at radius 3 is 2.14 bits per heavy atom. The maximum Gasteiger partial charge on any atom is 0.227 e. The van der Waals surface area contributed by atoms with E-state index < -0.39 is 0 Å². The van der Waals surface area contributed by atoms with Gasteiger partial charge in [0.2, 0.25) is 11.8 Å². The molecule has 0 saturated carbocycles. The lowest BCUT2D eigenvalue weighted by atomic mass is 10.1. The first-order valence-corrected chi connectivity index (χ1v) is 10.9. The highest BCUT2D eigenvalue weighted by Gasteiger charge is 2.27. The summed E-state index contributed by atoms with van der Waals surface area (Å²) in [7, 11) is 0.